The number of rotatable bonds is 6. The van der Waals surface area contributed by atoms with Crippen LogP contribution in [-0.2, 0) is 0 Å². The first-order valence-electron chi connectivity index (χ1n) is 5.82. The number of aryl methyl sites for hydroxylation is 1. The van der Waals surface area contributed by atoms with Crippen molar-refractivity contribution in [3.05, 3.63) is 34.9 Å². The maximum atomic E-state index is 12.0. The van der Waals surface area contributed by atoms with Crippen molar-refractivity contribution in [1.29, 1.82) is 0 Å². The molecular weight excluding hydrogens is 264 g/mol. The maximum absolute atomic E-state index is 12.0. The Morgan fingerprint density at radius 1 is 1.19 bits per heavy atom. The molecule has 0 amide bonds. The van der Waals surface area contributed by atoms with Crippen molar-refractivity contribution in [2.24, 2.45) is 0 Å². The van der Waals surface area contributed by atoms with Crippen LogP contribution in [0, 0.1) is 13.8 Å². The number of carbonyl (C=O) groups excluding carboxylic acids is 1. The summed E-state index contributed by atoms with van der Waals surface area (Å²) in [5.41, 5.74) is 3.23. The lowest BCUT2D eigenvalue weighted by Crippen LogP contribution is -2.02. The van der Waals surface area contributed by atoms with Gasteiger partial charge in [0.15, 0.2) is 5.78 Å². The van der Waals surface area contributed by atoms with Crippen LogP contribution in [0.5, 0.6) is 0 Å². The molecule has 1 rings (SSSR count). The number of ketones is 1. The van der Waals surface area contributed by atoms with E-state index in [1.165, 1.54) is 5.56 Å². The number of hydrogen-bond donors (Lipinski definition) is 0. The van der Waals surface area contributed by atoms with E-state index in [0.717, 1.165) is 35.7 Å². The molecule has 1 nitrogen and oxygen atoms in total. The minimum atomic E-state index is 0.288. The van der Waals surface area contributed by atoms with Gasteiger partial charge in [-0.15, -0.1) is 0 Å². The molecule has 0 saturated heterocycles. The lowest BCUT2D eigenvalue weighted by molar-refractivity contribution is 0.0978. The van der Waals surface area contributed by atoms with Gasteiger partial charge in [0.05, 0.1) is 0 Å². The summed E-state index contributed by atoms with van der Waals surface area (Å²) in [6, 6.07) is 5.96. The van der Waals surface area contributed by atoms with E-state index in [0.29, 0.717) is 6.42 Å². The normalized spacial score (nSPS) is 10.4. The van der Waals surface area contributed by atoms with Crippen molar-refractivity contribution in [3.8, 4) is 0 Å². The predicted molar refractivity (Wildman–Crippen MR) is 72.5 cm³/mol. The molecule has 0 fully saturated rings. The predicted octanol–water partition coefficient (Wildman–Crippen LogP) is 4.44. The average Bonchev–Trinajstić information content (AvgIpc) is 2.28. The molecule has 1 aromatic carbocycles. The van der Waals surface area contributed by atoms with Gasteiger partial charge in [-0.05, 0) is 37.8 Å². The van der Waals surface area contributed by atoms with Gasteiger partial charge in [-0.2, -0.15) is 0 Å². The summed E-state index contributed by atoms with van der Waals surface area (Å²) in [7, 11) is 0. The molecule has 0 aromatic heterocycles. The summed E-state index contributed by atoms with van der Waals surface area (Å²) in [5, 5.41) is 1.03. The summed E-state index contributed by atoms with van der Waals surface area (Å²) in [6.45, 7) is 4.08. The Morgan fingerprint density at radius 2 is 1.94 bits per heavy atom. The molecular formula is C14H19BrO. The molecule has 0 atom stereocenters. The molecule has 0 unspecified atom stereocenters. The molecule has 0 spiro atoms. The Bertz CT molecular complexity index is 358. The number of alkyl halides is 1. The lowest BCUT2D eigenvalue weighted by Gasteiger charge is -2.07. The van der Waals surface area contributed by atoms with E-state index < -0.39 is 0 Å². The number of benzene rings is 1. The summed E-state index contributed by atoms with van der Waals surface area (Å²) < 4.78 is 0. The first kappa shape index (κ1) is 13.4. The number of carbonyl (C=O) groups is 1. The van der Waals surface area contributed by atoms with Crippen molar-refractivity contribution in [2.45, 2.75) is 39.5 Å². The van der Waals surface area contributed by atoms with Crippen molar-refractivity contribution in [2.75, 3.05) is 5.33 Å². The van der Waals surface area contributed by atoms with Gasteiger partial charge in [0.25, 0.3) is 0 Å². The third-order valence-corrected chi connectivity index (χ3v) is 3.50. The molecule has 0 radical (unpaired) electrons. The van der Waals surface area contributed by atoms with E-state index in [4.69, 9.17) is 0 Å². The van der Waals surface area contributed by atoms with Crippen LogP contribution in [0.15, 0.2) is 18.2 Å². The molecule has 88 valence electrons. The Hall–Kier alpha value is -0.630. The smallest absolute Gasteiger partial charge is 0.163 e. The van der Waals surface area contributed by atoms with Gasteiger partial charge < -0.3 is 0 Å². The highest BCUT2D eigenvalue weighted by atomic mass is 79.9. The highest BCUT2D eigenvalue weighted by Crippen LogP contribution is 2.16. The number of halogens is 1. The lowest BCUT2D eigenvalue weighted by atomic mass is 9.97. The van der Waals surface area contributed by atoms with E-state index in [2.05, 4.69) is 28.9 Å². The molecule has 1 aromatic rings. The fraction of sp³-hybridized carbons (Fsp3) is 0.500. The van der Waals surface area contributed by atoms with Gasteiger partial charge in [-0.3, -0.25) is 4.79 Å². The van der Waals surface area contributed by atoms with Crippen LogP contribution in [0.3, 0.4) is 0 Å². The molecule has 0 saturated carbocycles. The molecule has 0 bridgehead atoms. The van der Waals surface area contributed by atoms with Gasteiger partial charge in [0, 0.05) is 17.3 Å². The zero-order chi connectivity index (χ0) is 12.0. The topological polar surface area (TPSA) is 17.1 Å². The first-order valence-corrected chi connectivity index (χ1v) is 6.94. The first-order chi connectivity index (χ1) is 7.66. The molecule has 16 heavy (non-hydrogen) atoms. The van der Waals surface area contributed by atoms with E-state index >= 15 is 0 Å². The third kappa shape index (κ3) is 3.75. The third-order valence-electron chi connectivity index (χ3n) is 2.94. The monoisotopic (exact) mass is 282 g/mol. The summed E-state index contributed by atoms with van der Waals surface area (Å²) >= 11 is 3.40. The Kier molecular flexibility index (Phi) is 5.75. The Morgan fingerprint density at radius 3 is 2.62 bits per heavy atom. The number of unbranched alkanes of at least 4 members (excludes halogenated alkanes) is 2. The Balaban J connectivity index is 2.56. The fourth-order valence-corrected chi connectivity index (χ4v) is 2.14. The molecule has 0 aliphatic heterocycles. The zero-order valence-electron chi connectivity index (χ0n) is 10.1. The van der Waals surface area contributed by atoms with Crippen LogP contribution in [-0.4, -0.2) is 11.1 Å². The van der Waals surface area contributed by atoms with Crippen molar-refractivity contribution < 1.29 is 4.79 Å². The van der Waals surface area contributed by atoms with Crippen LogP contribution in [0.4, 0.5) is 0 Å². The highest BCUT2D eigenvalue weighted by Gasteiger charge is 2.09. The standard InChI is InChI=1S/C14H19BrO/c1-11-7-6-8-13(12(11)2)14(16)9-4-3-5-10-15/h6-8H,3-5,9-10H2,1-2H3. The second kappa shape index (κ2) is 6.85. The van der Waals surface area contributed by atoms with Crippen LogP contribution < -0.4 is 0 Å². The second-order valence-electron chi connectivity index (χ2n) is 4.17. The summed E-state index contributed by atoms with van der Waals surface area (Å²) in [4.78, 5) is 12.0. The fourth-order valence-electron chi connectivity index (χ4n) is 1.74. The van der Waals surface area contributed by atoms with Gasteiger partial charge in [-0.1, -0.05) is 40.5 Å². The molecule has 0 aliphatic rings. The van der Waals surface area contributed by atoms with Crippen molar-refractivity contribution in [3.63, 3.8) is 0 Å². The van der Waals surface area contributed by atoms with Gasteiger partial charge in [0.2, 0.25) is 0 Å². The van der Waals surface area contributed by atoms with Gasteiger partial charge in [-0.25, -0.2) is 0 Å². The molecule has 2 heteroatoms. The quantitative estimate of drug-likeness (QED) is 0.428. The molecule has 0 N–H and O–H groups in total. The van der Waals surface area contributed by atoms with Gasteiger partial charge in [0.1, 0.15) is 0 Å². The van der Waals surface area contributed by atoms with E-state index in [1.807, 2.05) is 19.1 Å². The number of hydrogen-bond acceptors (Lipinski definition) is 1. The highest BCUT2D eigenvalue weighted by molar-refractivity contribution is 9.09. The van der Waals surface area contributed by atoms with Gasteiger partial charge >= 0.3 is 0 Å². The molecule has 0 aliphatic carbocycles. The van der Waals surface area contributed by atoms with E-state index in [-0.39, 0.29) is 5.78 Å². The largest absolute Gasteiger partial charge is 0.294 e. The zero-order valence-corrected chi connectivity index (χ0v) is 11.6. The Labute approximate surface area is 106 Å². The van der Waals surface area contributed by atoms with E-state index in [9.17, 15) is 4.79 Å². The molecule has 0 heterocycles. The van der Waals surface area contributed by atoms with Crippen LogP contribution in [0.2, 0.25) is 0 Å². The van der Waals surface area contributed by atoms with Crippen LogP contribution in [0.25, 0.3) is 0 Å². The number of Topliss-reactive ketones (excluding diaryl/α,β-unsaturated/α-hetero) is 1. The van der Waals surface area contributed by atoms with Crippen molar-refractivity contribution >= 4 is 21.7 Å². The summed E-state index contributed by atoms with van der Waals surface area (Å²) in [6.07, 6.45) is 3.96. The van der Waals surface area contributed by atoms with Crippen LogP contribution in [0.1, 0.15) is 47.2 Å². The average molecular weight is 283 g/mol. The second-order valence-corrected chi connectivity index (χ2v) is 4.96. The van der Waals surface area contributed by atoms with Crippen LogP contribution >= 0.6 is 15.9 Å². The minimum absolute atomic E-state index is 0.288. The minimum Gasteiger partial charge on any atom is -0.294 e. The maximum Gasteiger partial charge on any atom is 0.163 e. The summed E-state index contributed by atoms with van der Waals surface area (Å²) in [5.74, 6) is 0.288. The SMILES string of the molecule is Cc1cccc(C(=O)CCCCCBr)c1C. The van der Waals surface area contributed by atoms with Crippen molar-refractivity contribution in [1.82, 2.24) is 0 Å². The van der Waals surface area contributed by atoms with E-state index in [1.54, 1.807) is 0 Å².